The minimum Gasteiger partial charge on any atom is -0.316 e. The monoisotopic (exact) mass is 255 g/mol. The van der Waals surface area contributed by atoms with E-state index in [0.717, 1.165) is 19.5 Å². The van der Waals surface area contributed by atoms with Gasteiger partial charge in [-0.2, -0.15) is 0 Å². The molecule has 0 bridgehead atoms. The van der Waals surface area contributed by atoms with Crippen LogP contribution in [0.5, 0.6) is 0 Å². The van der Waals surface area contributed by atoms with Crippen molar-refractivity contribution in [3.8, 4) is 0 Å². The molecule has 0 radical (unpaired) electrons. The van der Waals surface area contributed by atoms with Crippen LogP contribution in [0.4, 0.5) is 0 Å². The zero-order valence-electron chi connectivity index (χ0n) is 10.1. The van der Waals surface area contributed by atoms with Gasteiger partial charge in [-0.3, -0.25) is 0 Å². The number of hydrogen-bond acceptors (Lipinski definition) is 5. The fraction of sp³-hybridized carbons (Fsp3) is 0.636. The standard InChI is InChI=1S/C11H17N3O2S/c1-8-5-9(2)14-11(13-8)17(15,16)7-10-3-4-12-6-10/h5,10,12H,3-4,6-7H2,1-2H3. The van der Waals surface area contributed by atoms with E-state index in [4.69, 9.17) is 0 Å². The molecule has 1 fully saturated rings. The number of nitrogens with zero attached hydrogens (tertiary/aromatic N) is 2. The van der Waals surface area contributed by atoms with Crippen molar-refractivity contribution in [3.05, 3.63) is 17.5 Å². The fourth-order valence-corrected chi connectivity index (χ4v) is 3.69. The van der Waals surface area contributed by atoms with Gasteiger partial charge < -0.3 is 5.32 Å². The number of nitrogens with one attached hydrogen (secondary N) is 1. The summed E-state index contributed by atoms with van der Waals surface area (Å²) in [5.74, 6) is 0.326. The van der Waals surface area contributed by atoms with Gasteiger partial charge >= 0.3 is 0 Å². The summed E-state index contributed by atoms with van der Waals surface area (Å²) in [6, 6.07) is 1.77. The van der Waals surface area contributed by atoms with Gasteiger partial charge in [-0.05, 0) is 45.3 Å². The Kier molecular flexibility index (Phi) is 3.44. The zero-order valence-corrected chi connectivity index (χ0v) is 10.9. The number of sulfone groups is 1. The second-order valence-electron chi connectivity index (χ2n) is 4.57. The van der Waals surface area contributed by atoms with Gasteiger partial charge in [0, 0.05) is 11.4 Å². The number of rotatable bonds is 3. The van der Waals surface area contributed by atoms with Crippen LogP contribution in [0.3, 0.4) is 0 Å². The molecular formula is C11H17N3O2S. The van der Waals surface area contributed by atoms with E-state index in [0.29, 0.717) is 11.4 Å². The molecule has 0 amide bonds. The average molecular weight is 255 g/mol. The van der Waals surface area contributed by atoms with Crippen LogP contribution in [0.25, 0.3) is 0 Å². The van der Waals surface area contributed by atoms with Crippen molar-refractivity contribution < 1.29 is 8.42 Å². The van der Waals surface area contributed by atoms with Gasteiger partial charge in [0.05, 0.1) is 5.75 Å². The summed E-state index contributed by atoms with van der Waals surface area (Å²) in [6.07, 6.45) is 0.907. The third kappa shape index (κ3) is 3.01. The summed E-state index contributed by atoms with van der Waals surface area (Å²) in [5, 5.41) is 3.14. The molecule has 17 heavy (non-hydrogen) atoms. The van der Waals surface area contributed by atoms with Gasteiger partial charge in [0.2, 0.25) is 15.0 Å². The fourth-order valence-electron chi connectivity index (χ4n) is 2.07. The summed E-state index contributed by atoms with van der Waals surface area (Å²) in [5.41, 5.74) is 1.39. The molecule has 1 atom stereocenters. The molecular weight excluding hydrogens is 238 g/mol. The van der Waals surface area contributed by atoms with Crippen molar-refractivity contribution in [2.45, 2.75) is 25.4 Å². The summed E-state index contributed by atoms with van der Waals surface area (Å²) in [7, 11) is -3.35. The molecule has 1 aromatic heterocycles. The van der Waals surface area contributed by atoms with Crippen LogP contribution in [0.1, 0.15) is 17.8 Å². The second kappa shape index (κ2) is 4.70. The molecule has 1 N–H and O–H groups in total. The van der Waals surface area contributed by atoms with Crippen molar-refractivity contribution in [2.24, 2.45) is 5.92 Å². The maximum Gasteiger partial charge on any atom is 0.247 e. The molecule has 2 rings (SSSR count). The molecule has 6 heteroatoms. The van der Waals surface area contributed by atoms with Crippen LogP contribution < -0.4 is 5.32 Å². The van der Waals surface area contributed by atoms with Crippen molar-refractivity contribution in [1.29, 1.82) is 0 Å². The molecule has 5 nitrogen and oxygen atoms in total. The van der Waals surface area contributed by atoms with E-state index in [1.54, 1.807) is 19.9 Å². The van der Waals surface area contributed by atoms with E-state index in [9.17, 15) is 8.42 Å². The lowest BCUT2D eigenvalue weighted by Gasteiger charge is -2.09. The van der Waals surface area contributed by atoms with Crippen LogP contribution in [0.15, 0.2) is 11.2 Å². The summed E-state index contributed by atoms with van der Waals surface area (Å²) in [6.45, 7) is 5.23. The molecule has 1 aliphatic rings. The molecule has 1 aromatic rings. The van der Waals surface area contributed by atoms with Gasteiger partial charge in [-0.25, -0.2) is 18.4 Å². The first-order valence-electron chi connectivity index (χ1n) is 5.73. The second-order valence-corrected chi connectivity index (χ2v) is 6.50. The third-order valence-electron chi connectivity index (χ3n) is 2.86. The smallest absolute Gasteiger partial charge is 0.247 e. The largest absolute Gasteiger partial charge is 0.316 e. The molecule has 1 saturated heterocycles. The lowest BCUT2D eigenvalue weighted by atomic mass is 10.2. The van der Waals surface area contributed by atoms with Gasteiger partial charge in [-0.1, -0.05) is 0 Å². The Hall–Kier alpha value is -1.01. The summed E-state index contributed by atoms with van der Waals surface area (Å²) in [4.78, 5) is 8.06. The van der Waals surface area contributed by atoms with Gasteiger partial charge in [0.15, 0.2) is 0 Å². The molecule has 0 spiro atoms. The van der Waals surface area contributed by atoms with Crippen molar-refractivity contribution >= 4 is 9.84 Å². The van der Waals surface area contributed by atoms with E-state index in [2.05, 4.69) is 15.3 Å². The Morgan fingerprint density at radius 1 is 1.35 bits per heavy atom. The first-order valence-corrected chi connectivity index (χ1v) is 7.38. The Bertz CT molecular complexity index is 487. The maximum atomic E-state index is 12.1. The van der Waals surface area contributed by atoms with Gasteiger partial charge in [0.1, 0.15) is 0 Å². The van der Waals surface area contributed by atoms with E-state index >= 15 is 0 Å². The highest BCUT2D eigenvalue weighted by molar-refractivity contribution is 7.91. The van der Waals surface area contributed by atoms with E-state index in [-0.39, 0.29) is 16.8 Å². The lowest BCUT2D eigenvalue weighted by Crippen LogP contribution is -2.21. The molecule has 1 unspecified atom stereocenters. The minimum atomic E-state index is -3.35. The predicted molar refractivity (Wildman–Crippen MR) is 64.5 cm³/mol. The van der Waals surface area contributed by atoms with Gasteiger partial charge in [-0.15, -0.1) is 0 Å². The molecule has 0 aliphatic carbocycles. The van der Waals surface area contributed by atoms with Crippen LogP contribution in [-0.2, 0) is 9.84 Å². The topological polar surface area (TPSA) is 72.0 Å². The Labute approximate surface area is 102 Å². The highest BCUT2D eigenvalue weighted by Crippen LogP contribution is 2.15. The molecule has 2 heterocycles. The van der Waals surface area contributed by atoms with E-state index in [1.165, 1.54) is 0 Å². The van der Waals surface area contributed by atoms with E-state index < -0.39 is 9.84 Å². The Balaban J connectivity index is 2.24. The van der Waals surface area contributed by atoms with Crippen LogP contribution in [0.2, 0.25) is 0 Å². The van der Waals surface area contributed by atoms with Crippen LogP contribution in [0, 0.1) is 19.8 Å². The normalized spacial score (nSPS) is 20.7. The number of hydrogen-bond donors (Lipinski definition) is 1. The molecule has 94 valence electrons. The van der Waals surface area contributed by atoms with Crippen molar-refractivity contribution in [2.75, 3.05) is 18.8 Å². The highest BCUT2D eigenvalue weighted by atomic mass is 32.2. The van der Waals surface area contributed by atoms with Crippen LogP contribution in [-0.4, -0.2) is 37.2 Å². The Morgan fingerprint density at radius 3 is 2.53 bits per heavy atom. The minimum absolute atomic E-state index is 0.0260. The quantitative estimate of drug-likeness (QED) is 0.795. The van der Waals surface area contributed by atoms with Crippen LogP contribution >= 0.6 is 0 Å². The van der Waals surface area contributed by atoms with E-state index in [1.807, 2.05) is 0 Å². The summed E-state index contributed by atoms with van der Waals surface area (Å²) < 4.78 is 24.3. The number of aryl methyl sites for hydroxylation is 2. The first kappa shape index (κ1) is 12.4. The Morgan fingerprint density at radius 2 is 2.00 bits per heavy atom. The molecule has 1 aliphatic heterocycles. The summed E-state index contributed by atoms with van der Waals surface area (Å²) >= 11 is 0. The molecule has 0 saturated carbocycles. The highest BCUT2D eigenvalue weighted by Gasteiger charge is 2.26. The predicted octanol–water partition coefficient (Wildman–Crippen LogP) is 0.477. The van der Waals surface area contributed by atoms with Crippen molar-refractivity contribution in [1.82, 2.24) is 15.3 Å². The van der Waals surface area contributed by atoms with Gasteiger partial charge in [0.25, 0.3) is 0 Å². The third-order valence-corrected chi connectivity index (χ3v) is 4.51. The molecule has 0 aromatic carbocycles. The SMILES string of the molecule is Cc1cc(C)nc(S(=O)(=O)CC2CCNC2)n1. The average Bonchev–Trinajstić information content (AvgIpc) is 2.68. The first-order chi connectivity index (χ1) is 7.97. The van der Waals surface area contributed by atoms with Crippen molar-refractivity contribution in [3.63, 3.8) is 0 Å². The number of aromatic nitrogens is 2. The zero-order chi connectivity index (χ0) is 12.5. The maximum absolute atomic E-state index is 12.1. The lowest BCUT2D eigenvalue weighted by molar-refractivity contribution is 0.561.